The quantitative estimate of drug-likeness (QED) is 0.814. The molecule has 21 heavy (non-hydrogen) atoms. The van der Waals surface area contributed by atoms with Gasteiger partial charge in [-0.2, -0.15) is 5.10 Å². The van der Waals surface area contributed by atoms with Crippen molar-refractivity contribution in [2.45, 2.75) is 25.2 Å². The van der Waals surface area contributed by atoms with Crippen LogP contribution in [0.2, 0.25) is 0 Å². The number of aryl methyl sites for hydroxylation is 1. The Bertz CT molecular complexity index is 728. The number of hydrogen-bond acceptors (Lipinski definition) is 4. The lowest BCUT2D eigenvalue weighted by Gasteiger charge is -2.12. The van der Waals surface area contributed by atoms with Crippen molar-refractivity contribution >= 4 is 31.8 Å². The maximum Gasteiger partial charge on any atom is 0.266 e. The van der Waals surface area contributed by atoms with Crippen LogP contribution in [-0.2, 0) is 16.4 Å². The highest BCUT2D eigenvalue weighted by Crippen LogP contribution is 2.29. The molecule has 1 aromatic heterocycles. The van der Waals surface area contributed by atoms with E-state index in [1.165, 1.54) is 6.07 Å². The third-order valence-electron chi connectivity index (χ3n) is 2.83. The maximum atomic E-state index is 12.6. The summed E-state index contributed by atoms with van der Waals surface area (Å²) in [7, 11) is -3.77. The number of H-pyrrole nitrogens is 1. The Labute approximate surface area is 132 Å². The first-order chi connectivity index (χ1) is 9.97. The average molecular weight is 374 g/mol. The third-order valence-corrected chi connectivity index (χ3v) is 4.69. The number of hydrogen-bond donors (Lipinski definition) is 2. The summed E-state index contributed by atoms with van der Waals surface area (Å²) in [5, 5.41) is 6.51. The summed E-state index contributed by atoms with van der Waals surface area (Å²) >= 11 is 3.28. The second-order valence-electron chi connectivity index (χ2n) is 4.25. The van der Waals surface area contributed by atoms with E-state index in [4.69, 9.17) is 4.74 Å². The van der Waals surface area contributed by atoms with Gasteiger partial charge in [0.1, 0.15) is 16.5 Å². The van der Waals surface area contributed by atoms with E-state index in [1.54, 1.807) is 25.3 Å². The molecular formula is C13H16BrN3O3S. The van der Waals surface area contributed by atoms with Crippen molar-refractivity contribution in [1.29, 1.82) is 0 Å². The van der Waals surface area contributed by atoms with Crippen molar-refractivity contribution in [2.75, 3.05) is 11.3 Å². The van der Waals surface area contributed by atoms with Gasteiger partial charge < -0.3 is 4.74 Å². The molecule has 0 aliphatic heterocycles. The second-order valence-corrected chi connectivity index (χ2v) is 6.82. The van der Waals surface area contributed by atoms with Crippen LogP contribution in [0.4, 0.5) is 5.82 Å². The standard InChI is InChI=1S/C13H16BrN3O3S/c1-3-9-8-15-16-13(9)17-21(18,19)12-7-10(14)5-6-11(12)20-4-2/h5-8H,3-4H2,1-2H3,(H2,15,16,17). The molecule has 0 amide bonds. The smallest absolute Gasteiger partial charge is 0.266 e. The molecule has 1 aromatic carbocycles. The van der Waals surface area contributed by atoms with Gasteiger partial charge in [-0.25, -0.2) is 8.42 Å². The molecule has 0 bridgehead atoms. The van der Waals surface area contributed by atoms with Crippen molar-refractivity contribution in [3.8, 4) is 5.75 Å². The first kappa shape index (κ1) is 15.8. The van der Waals surface area contributed by atoms with Gasteiger partial charge in [-0.15, -0.1) is 0 Å². The van der Waals surface area contributed by atoms with Crippen LogP contribution >= 0.6 is 15.9 Å². The van der Waals surface area contributed by atoms with Gasteiger partial charge >= 0.3 is 0 Å². The number of aromatic amines is 1. The molecule has 0 unspecified atom stereocenters. The lowest BCUT2D eigenvalue weighted by Crippen LogP contribution is -2.15. The minimum Gasteiger partial charge on any atom is -0.492 e. The number of anilines is 1. The summed E-state index contributed by atoms with van der Waals surface area (Å²) < 4.78 is 33.7. The second kappa shape index (κ2) is 6.48. The van der Waals surface area contributed by atoms with E-state index in [1.807, 2.05) is 6.92 Å². The van der Waals surface area contributed by atoms with Gasteiger partial charge in [0.15, 0.2) is 0 Å². The predicted octanol–water partition coefficient (Wildman–Crippen LogP) is 2.93. The highest BCUT2D eigenvalue weighted by atomic mass is 79.9. The minimum absolute atomic E-state index is 0.0791. The van der Waals surface area contributed by atoms with E-state index in [9.17, 15) is 8.42 Å². The monoisotopic (exact) mass is 373 g/mol. The Morgan fingerprint density at radius 1 is 1.38 bits per heavy atom. The molecule has 0 radical (unpaired) electrons. The van der Waals surface area contributed by atoms with Gasteiger partial charge in [-0.1, -0.05) is 22.9 Å². The number of sulfonamides is 1. The van der Waals surface area contributed by atoms with Crippen molar-refractivity contribution in [3.63, 3.8) is 0 Å². The highest BCUT2D eigenvalue weighted by molar-refractivity contribution is 9.10. The molecule has 0 spiro atoms. The SMILES string of the molecule is CCOc1ccc(Br)cc1S(=O)(=O)Nc1[nH]ncc1CC. The van der Waals surface area contributed by atoms with Gasteiger partial charge in [0.2, 0.25) is 0 Å². The molecule has 0 aliphatic rings. The Morgan fingerprint density at radius 2 is 2.14 bits per heavy atom. The lowest BCUT2D eigenvalue weighted by molar-refractivity contribution is 0.331. The number of nitrogens with one attached hydrogen (secondary N) is 2. The van der Waals surface area contributed by atoms with Gasteiger partial charge in [0, 0.05) is 10.0 Å². The van der Waals surface area contributed by atoms with E-state index in [2.05, 4.69) is 30.8 Å². The molecule has 2 aromatic rings. The summed E-state index contributed by atoms with van der Waals surface area (Å²) in [5.41, 5.74) is 0.798. The minimum atomic E-state index is -3.77. The molecule has 0 aliphatic carbocycles. The number of benzene rings is 1. The van der Waals surface area contributed by atoms with Gasteiger partial charge in [-0.05, 0) is 31.5 Å². The Kier molecular flexibility index (Phi) is 4.89. The Balaban J connectivity index is 2.42. The van der Waals surface area contributed by atoms with Crippen LogP contribution in [0.1, 0.15) is 19.4 Å². The average Bonchev–Trinajstić information content (AvgIpc) is 2.87. The van der Waals surface area contributed by atoms with E-state index in [0.717, 1.165) is 5.56 Å². The Hall–Kier alpha value is -1.54. The molecule has 8 heteroatoms. The van der Waals surface area contributed by atoms with Crippen LogP contribution in [-0.4, -0.2) is 25.2 Å². The summed E-state index contributed by atoms with van der Waals surface area (Å²) in [4.78, 5) is 0.0791. The molecule has 0 fully saturated rings. The first-order valence-corrected chi connectivity index (χ1v) is 8.73. The topological polar surface area (TPSA) is 84.1 Å². The number of aromatic nitrogens is 2. The zero-order valence-electron chi connectivity index (χ0n) is 11.7. The van der Waals surface area contributed by atoms with Crippen LogP contribution in [0, 0.1) is 0 Å². The van der Waals surface area contributed by atoms with Gasteiger partial charge in [-0.3, -0.25) is 9.82 Å². The lowest BCUT2D eigenvalue weighted by atomic mass is 10.3. The molecule has 0 saturated heterocycles. The summed E-state index contributed by atoms with van der Waals surface area (Å²) in [6.45, 7) is 4.11. The van der Waals surface area contributed by atoms with E-state index in [0.29, 0.717) is 29.1 Å². The van der Waals surface area contributed by atoms with Crippen molar-refractivity contribution in [3.05, 3.63) is 34.4 Å². The summed E-state index contributed by atoms with van der Waals surface area (Å²) in [5.74, 6) is 0.686. The zero-order chi connectivity index (χ0) is 15.5. The van der Waals surface area contributed by atoms with Crippen LogP contribution in [0.15, 0.2) is 33.8 Å². The first-order valence-electron chi connectivity index (χ1n) is 6.45. The van der Waals surface area contributed by atoms with E-state index < -0.39 is 10.0 Å². The van der Waals surface area contributed by atoms with Crippen LogP contribution in [0.3, 0.4) is 0 Å². The van der Waals surface area contributed by atoms with Crippen molar-refractivity contribution in [1.82, 2.24) is 10.2 Å². The zero-order valence-corrected chi connectivity index (χ0v) is 14.1. The van der Waals surface area contributed by atoms with Gasteiger partial charge in [0.05, 0.1) is 12.8 Å². The molecule has 0 atom stereocenters. The molecular weight excluding hydrogens is 358 g/mol. The molecule has 2 rings (SSSR count). The number of ether oxygens (including phenoxy) is 1. The van der Waals surface area contributed by atoms with Gasteiger partial charge in [0.25, 0.3) is 10.0 Å². The van der Waals surface area contributed by atoms with Crippen LogP contribution in [0.25, 0.3) is 0 Å². The summed E-state index contributed by atoms with van der Waals surface area (Å²) in [6.07, 6.45) is 2.27. The molecule has 1 heterocycles. The molecule has 2 N–H and O–H groups in total. The summed E-state index contributed by atoms with van der Waals surface area (Å²) in [6, 6.07) is 4.86. The number of rotatable bonds is 6. The predicted molar refractivity (Wildman–Crippen MR) is 84.1 cm³/mol. The third kappa shape index (κ3) is 3.56. The fraction of sp³-hybridized carbons (Fsp3) is 0.308. The largest absolute Gasteiger partial charge is 0.492 e. The maximum absolute atomic E-state index is 12.6. The van der Waals surface area contributed by atoms with E-state index in [-0.39, 0.29) is 4.90 Å². The molecule has 114 valence electrons. The normalized spacial score (nSPS) is 11.4. The molecule has 6 nitrogen and oxygen atoms in total. The number of nitrogens with zero attached hydrogens (tertiary/aromatic N) is 1. The van der Waals surface area contributed by atoms with Crippen LogP contribution in [0.5, 0.6) is 5.75 Å². The van der Waals surface area contributed by atoms with Crippen molar-refractivity contribution in [2.24, 2.45) is 0 Å². The Morgan fingerprint density at radius 3 is 2.81 bits per heavy atom. The molecule has 0 saturated carbocycles. The van der Waals surface area contributed by atoms with E-state index >= 15 is 0 Å². The van der Waals surface area contributed by atoms with Crippen molar-refractivity contribution < 1.29 is 13.2 Å². The number of halogens is 1. The fourth-order valence-electron chi connectivity index (χ4n) is 1.82. The highest BCUT2D eigenvalue weighted by Gasteiger charge is 2.22. The van der Waals surface area contributed by atoms with Crippen LogP contribution < -0.4 is 9.46 Å². The fourth-order valence-corrected chi connectivity index (χ4v) is 3.57.